The van der Waals surface area contributed by atoms with Gasteiger partial charge >= 0.3 is 0 Å². The number of hydrogen-bond acceptors (Lipinski definition) is 3. The molecule has 19 heavy (non-hydrogen) atoms. The van der Waals surface area contributed by atoms with Crippen molar-refractivity contribution in [3.05, 3.63) is 41.4 Å². The molecule has 5 heteroatoms. The topological polar surface area (TPSA) is 37.4 Å². The molecule has 0 atom stereocenters. The minimum atomic E-state index is -3.30. The monoisotopic (exact) mass is 297 g/mol. The van der Waals surface area contributed by atoms with Crippen molar-refractivity contribution in [2.45, 2.75) is 4.90 Å². The second-order valence-corrected chi connectivity index (χ2v) is 7.20. The molecule has 0 aliphatic rings. The second kappa shape index (κ2) is 5.49. The number of sulfone groups is 1. The zero-order chi connectivity index (χ0) is 14.0. The van der Waals surface area contributed by atoms with Gasteiger partial charge in [-0.2, -0.15) is 0 Å². The van der Waals surface area contributed by atoms with Gasteiger partial charge < -0.3 is 4.90 Å². The lowest BCUT2D eigenvalue weighted by molar-refractivity contribution is 0.432. The third-order valence-electron chi connectivity index (χ3n) is 2.97. The van der Waals surface area contributed by atoms with Gasteiger partial charge in [0.2, 0.25) is 0 Å². The van der Waals surface area contributed by atoms with Crippen LogP contribution in [0.5, 0.6) is 0 Å². The van der Waals surface area contributed by atoms with Crippen molar-refractivity contribution in [3.8, 4) is 0 Å². The van der Waals surface area contributed by atoms with E-state index < -0.39 is 9.84 Å². The molecule has 0 fully saturated rings. The summed E-state index contributed by atoms with van der Waals surface area (Å²) in [6.07, 6.45) is 0. The molecule has 0 heterocycles. The molecule has 0 bridgehead atoms. The molecule has 2 aromatic carbocycles. The Morgan fingerprint density at radius 3 is 2.32 bits per heavy atom. The quantitative estimate of drug-likeness (QED) is 0.871. The summed E-state index contributed by atoms with van der Waals surface area (Å²) in [6, 6.07) is 10.5. The Balaban J connectivity index is 2.54. The van der Waals surface area contributed by atoms with Gasteiger partial charge in [0.05, 0.1) is 10.6 Å². The lowest BCUT2D eigenvalue weighted by atomic mass is 10.1. The van der Waals surface area contributed by atoms with Crippen LogP contribution in [0.4, 0.5) is 0 Å². The third kappa shape index (κ3) is 3.08. The maximum atomic E-state index is 12.4. The van der Waals surface area contributed by atoms with E-state index in [1.54, 1.807) is 18.2 Å². The van der Waals surface area contributed by atoms with Crippen LogP contribution in [0.15, 0.2) is 41.3 Å². The van der Waals surface area contributed by atoms with Crippen LogP contribution in [0.2, 0.25) is 5.02 Å². The Morgan fingerprint density at radius 1 is 1.05 bits per heavy atom. The molecule has 0 radical (unpaired) electrons. The fourth-order valence-corrected chi connectivity index (χ4v) is 3.76. The lowest BCUT2D eigenvalue weighted by Crippen LogP contribution is -2.22. The van der Waals surface area contributed by atoms with E-state index in [1.807, 2.05) is 37.2 Å². The molecule has 2 rings (SSSR count). The zero-order valence-corrected chi connectivity index (χ0v) is 12.5. The summed E-state index contributed by atoms with van der Waals surface area (Å²) in [5, 5.41) is 2.03. The summed E-state index contributed by atoms with van der Waals surface area (Å²) in [4.78, 5) is 2.21. The molecule has 0 amide bonds. The smallest absolute Gasteiger partial charge is 0.180 e. The highest BCUT2D eigenvalue weighted by molar-refractivity contribution is 7.91. The summed E-state index contributed by atoms with van der Waals surface area (Å²) in [7, 11) is 0.414. The highest BCUT2D eigenvalue weighted by Gasteiger charge is 2.18. The van der Waals surface area contributed by atoms with Crippen LogP contribution in [0.1, 0.15) is 0 Å². The summed E-state index contributed by atoms with van der Waals surface area (Å²) in [5.41, 5.74) is 0. The minimum Gasteiger partial charge on any atom is -0.308 e. The summed E-state index contributed by atoms with van der Waals surface area (Å²) in [6.45, 7) is 0.499. The number of rotatable bonds is 4. The van der Waals surface area contributed by atoms with E-state index in [-0.39, 0.29) is 5.75 Å². The number of hydrogen-bond donors (Lipinski definition) is 0. The molecule has 2 aromatic rings. The van der Waals surface area contributed by atoms with Crippen LogP contribution in [-0.2, 0) is 9.84 Å². The SMILES string of the molecule is CN(C)CCS(=O)(=O)c1ccc(Cl)c2ccccc12. The first kappa shape index (κ1) is 14.3. The minimum absolute atomic E-state index is 0.103. The van der Waals surface area contributed by atoms with E-state index in [0.29, 0.717) is 21.8 Å². The van der Waals surface area contributed by atoms with Crippen molar-refractivity contribution in [1.82, 2.24) is 4.90 Å². The van der Waals surface area contributed by atoms with E-state index in [1.165, 1.54) is 0 Å². The van der Waals surface area contributed by atoms with E-state index >= 15 is 0 Å². The molecule has 102 valence electrons. The van der Waals surface area contributed by atoms with Crippen LogP contribution in [0, 0.1) is 0 Å². The van der Waals surface area contributed by atoms with Gasteiger partial charge in [-0.3, -0.25) is 0 Å². The molecule has 0 aromatic heterocycles. The molecular formula is C14H16ClNO2S. The molecular weight excluding hydrogens is 282 g/mol. The fourth-order valence-electron chi connectivity index (χ4n) is 1.92. The maximum Gasteiger partial charge on any atom is 0.180 e. The van der Waals surface area contributed by atoms with Crippen molar-refractivity contribution in [2.75, 3.05) is 26.4 Å². The maximum absolute atomic E-state index is 12.4. The Kier molecular flexibility index (Phi) is 4.13. The predicted molar refractivity (Wildman–Crippen MR) is 79.6 cm³/mol. The Bertz CT molecular complexity index is 696. The number of benzene rings is 2. The Hall–Kier alpha value is -1.10. The lowest BCUT2D eigenvalue weighted by Gasteiger charge is -2.12. The molecule has 0 aliphatic heterocycles. The van der Waals surface area contributed by atoms with Crippen LogP contribution in [0.3, 0.4) is 0 Å². The van der Waals surface area contributed by atoms with Crippen LogP contribution in [-0.4, -0.2) is 39.7 Å². The van der Waals surface area contributed by atoms with Crippen LogP contribution in [0.25, 0.3) is 10.8 Å². The van der Waals surface area contributed by atoms with Gasteiger partial charge in [0.15, 0.2) is 9.84 Å². The van der Waals surface area contributed by atoms with E-state index in [9.17, 15) is 8.42 Å². The summed E-state index contributed by atoms with van der Waals surface area (Å²) >= 11 is 6.10. The van der Waals surface area contributed by atoms with Gasteiger partial charge in [-0.15, -0.1) is 0 Å². The summed E-state index contributed by atoms with van der Waals surface area (Å²) in [5.74, 6) is 0.103. The standard InChI is InChI=1S/C14H16ClNO2S/c1-16(2)9-10-19(17,18)14-8-7-13(15)11-5-3-4-6-12(11)14/h3-8H,9-10H2,1-2H3. The van der Waals surface area contributed by atoms with Crippen LogP contribution < -0.4 is 0 Å². The van der Waals surface area contributed by atoms with Crippen molar-refractivity contribution < 1.29 is 8.42 Å². The van der Waals surface area contributed by atoms with Gasteiger partial charge in [-0.05, 0) is 26.2 Å². The fraction of sp³-hybridized carbons (Fsp3) is 0.286. The van der Waals surface area contributed by atoms with Gasteiger partial charge in [-0.25, -0.2) is 8.42 Å². The van der Waals surface area contributed by atoms with Gasteiger partial charge in [0, 0.05) is 22.3 Å². The van der Waals surface area contributed by atoms with Crippen molar-refractivity contribution in [2.24, 2.45) is 0 Å². The Labute approximate surface area is 118 Å². The van der Waals surface area contributed by atoms with E-state index in [2.05, 4.69) is 0 Å². The first-order valence-electron chi connectivity index (χ1n) is 5.96. The number of fused-ring (bicyclic) bond motifs is 1. The highest BCUT2D eigenvalue weighted by atomic mass is 35.5. The molecule has 0 spiro atoms. The van der Waals surface area contributed by atoms with Crippen LogP contribution >= 0.6 is 11.6 Å². The average molecular weight is 298 g/mol. The predicted octanol–water partition coefficient (Wildman–Crippen LogP) is 2.83. The normalized spacial score (nSPS) is 12.2. The van der Waals surface area contributed by atoms with Crippen molar-refractivity contribution >= 4 is 32.2 Å². The van der Waals surface area contributed by atoms with Crippen molar-refractivity contribution in [3.63, 3.8) is 0 Å². The number of nitrogens with zero attached hydrogens (tertiary/aromatic N) is 1. The Morgan fingerprint density at radius 2 is 1.68 bits per heavy atom. The molecule has 3 nitrogen and oxygen atoms in total. The molecule has 0 saturated heterocycles. The largest absolute Gasteiger partial charge is 0.308 e. The zero-order valence-electron chi connectivity index (χ0n) is 10.9. The molecule has 0 unspecified atom stereocenters. The molecule has 0 N–H and O–H groups in total. The van der Waals surface area contributed by atoms with Crippen molar-refractivity contribution in [1.29, 1.82) is 0 Å². The van der Waals surface area contributed by atoms with E-state index in [0.717, 1.165) is 5.39 Å². The molecule has 0 aliphatic carbocycles. The van der Waals surface area contributed by atoms with Gasteiger partial charge in [0.25, 0.3) is 0 Å². The van der Waals surface area contributed by atoms with Gasteiger partial charge in [0.1, 0.15) is 0 Å². The highest BCUT2D eigenvalue weighted by Crippen LogP contribution is 2.29. The van der Waals surface area contributed by atoms with Gasteiger partial charge in [-0.1, -0.05) is 35.9 Å². The first-order chi connectivity index (χ1) is 8.92. The average Bonchev–Trinajstić information content (AvgIpc) is 2.37. The number of halogens is 1. The second-order valence-electron chi connectivity index (χ2n) is 4.71. The van der Waals surface area contributed by atoms with E-state index in [4.69, 9.17) is 11.6 Å². The third-order valence-corrected chi connectivity index (χ3v) is 5.05. The molecule has 0 saturated carbocycles. The summed E-state index contributed by atoms with van der Waals surface area (Å²) < 4.78 is 24.8. The first-order valence-corrected chi connectivity index (χ1v) is 7.99.